The molecule has 2 aromatic rings. The lowest BCUT2D eigenvalue weighted by atomic mass is 9.93. The predicted molar refractivity (Wildman–Crippen MR) is 52.2 cm³/mol. The van der Waals surface area contributed by atoms with Crippen LogP contribution in [0.4, 0.5) is 0 Å². The van der Waals surface area contributed by atoms with Crippen LogP contribution in [0.3, 0.4) is 0 Å². The van der Waals surface area contributed by atoms with Gasteiger partial charge in [0.1, 0.15) is 7.85 Å². The molecule has 0 spiro atoms. The molecule has 3 heteroatoms. The lowest BCUT2D eigenvalue weighted by Crippen LogP contribution is -2.00. The van der Waals surface area contributed by atoms with Crippen molar-refractivity contribution in [2.45, 2.75) is 0 Å². The number of fused-ring (bicyclic) bond motifs is 1. The molecule has 0 aliphatic heterocycles. The molecule has 2 radical (unpaired) electrons. The monoisotopic (exact) mass is 178 g/mol. The van der Waals surface area contributed by atoms with Crippen molar-refractivity contribution in [1.29, 1.82) is 0 Å². The Morgan fingerprint density at radius 1 is 1.27 bits per heavy atom. The molecule has 0 atom stereocenters. The summed E-state index contributed by atoms with van der Waals surface area (Å²) < 4.78 is 1.08. The fourth-order valence-corrected chi connectivity index (χ4v) is 2.18. The lowest BCUT2D eigenvalue weighted by Gasteiger charge is -1.96. The van der Waals surface area contributed by atoms with Crippen LogP contribution >= 0.6 is 22.9 Å². The van der Waals surface area contributed by atoms with E-state index in [-0.39, 0.29) is 0 Å². The van der Waals surface area contributed by atoms with E-state index in [4.69, 9.17) is 19.4 Å². The summed E-state index contributed by atoms with van der Waals surface area (Å²) in [4.78, 5) is 0. The fraction of sp³-hybridized carbons (Fsp3) is 0. The predicted octanol–water partition coefficient (Wildman–Crippen LogP) is 2.35. The van der Waals surface area contributed by atoms with Crippen LogP contribution in [0.2, 0.25) is 5.02 Å². The quantitative estimate of drug-likeness (QED) is 0.543. The second-order valence-electron chi connectivity index (χ2n) is 2.30. The summed E-state index contributed by atoms with van der Waals surface area (Å²) in [5.41, 5.74) is 0.797. The standard InChI is InChI=1S/C8H4BClS/c9-6-1-2-7(10)8-5(6)3-4-11-8/h1-4H. The van der Waals surface area contributed by atoms with Gasteiger partial charge in [-0.15, -0.1) is 11.3 Å². The maximum absolute atomic E-state index is 5.93. The van der Waals surface area contributed by atoms with Gasteiger partial charge in [0, 0.05) is 0 Å². The van der Waals surface area contributed by atoms with Crippen molar-refractivity contribution in [3.8, 4) is 0 Å². The van der Waals surface area contributed by atoms with Gasteiger partial charge in [-0.05, 0) is 22.9 Å². The SMILES string of the molecule is [B]c1ccc(Cl)c2sccc12. The van der Waals surface area contributed by atoms with Gasteiger partial charge in [0.15, 0.2) is 0 Å². The third kappa shape index (κ3) is 1.07. The van der Waals surface area contributed by atoms with Crippen molar-refractivity contribution in [3.05, 3.63) is 28.6 Å². The number of rotatable bonds is 0. The molecule has 11 heavy (non-hydrogen) atoms. The molecule has 0 N–H and O–H groups in total. The molecule has 0 saturated carbocycles. The van der Waals surface area contributed by atoms with E-state index in [1.807, 2.05) is 23.6 Å². The summed E-state index contributed by atoms with van der Waals surface area (Å²) in [6.07, 6.45) is 0. The van der Waals surface area contributed by atoms with Crippen LogP contribution in [0.1, 0.15) is 0 Å². The third-order valence-electron chi connectivity index (χ3n) is 1.60. The Kier molecular flexibility index (Phi) is 1.66. The van der Waals surface area contributed by atoms with Crippen molar-refractivity contribution < 1.29 is 0 Å². The van der Waals surface area contributed by atoms with Crippen LogP contribution in [-0.4, -0.2) is 7.85 Å². The molecule has 0 nitrogen and oxygen atoms in total. The number of thiophene rings is 1. The van der Waals surface area contributed by atoms with E-state index < -0.39 is 0 Å². The summed E-state index contributed by atoms with van der Waals surface area (Å²) in [7, 11) is 5.72. The van der Waals surface area contributed by atoms with Gasteiger partial charge in [-0.2, -0.15) is 0 Å². The molecule has 0 aliphatic carbocycles. The van der Waals surface area contributed by atoms with Crippen molar-refractivity contribution in [3.63, 3.8) is 0 Å². The van der Waals surface area contributed by atoms with E-state index in [2.05, 4.69) is 0 Å². The number of benzene rings is 1. The molecule has 0 bridgehead atoms. The Morgan fingerprint density at radius 2 is 2.09 bits per heavy atom. The summed E-state index contributed by atoms with van der Waals surface area (Å²) in [6.45, 7) is 0. The third-order valence-corrected chi connectivity index (χ3v) is 2.98. The largest absolute Gasteiger partial charge is 0.142 e. The average molecular weight is 178 g/mol. The highest BCUT2D eigenvalue weighted by molar-refractivity contribution is 7.18. The van der Waals surface area contributed by atoms with Crippen LogP contribution in [0, 0.1) is 0 Å². The summed E-state index contributed by atoms with van der Waals surface area (Å²) in [5, 5.41) is 3.83. The Balaban J connectivity index is 2.96. The zero-order valence-electron chi connectivity index (χ0n) is 5.67. The molecule has 1 aromatic heterocycles. The number of halogens is 1. The van der Waals surface area contributed by atoms with Crippen LogP contribution < -0.4 is 5.46 Å². The summed E-state index contributed by atoms with van der Waals surface area (Å²) in [5.74, 6) is 0. The van der Waals surface area contributed by atoms with Crippen molar-refractivity contribution in [2.24, 2.45) is 0 Å². The summed E-state index contributed by atoms with van der Waals surface area (Å²) >= 11 is 7.54. The molecule has 52 valence electrons. The first-order valence-corrected chi connectivity index (χ1v) is 4.46. The molecule has 1 heterocycles. The summed E-state index contributed by atoms with van der Waals surface area (Å²) in [6, 6.07) is 5.65. The maximum Gasteiger partial charge on any atom is 0.114 e. The highest BCUT2D eigenvalue weighted by atomic mass is 35.5. The zero-order valence-corrected chi connectivity index (χ0v) is 7.25. The normalized spacial score (nSPS) is 10.6. The minimum absolute atomic E-state index is 0.782. The Morgan fingerprint density at radius 3 is 2.82 bits per heavy atom. The Bertz CT molecular complexity index is 358. The maximum atomic E-state index is 5.93. The van der Waals surface area contributed by atoms with Crippen LogP contribution in [0.25, 0.3) is 10.1 Å². The molecule has 1 aromatic carbocycles. The Hall–Kier alpha value is -0.465. The van der Waals surface area contributed by atoms with E-state index in [0.29, 0.717) is 0 Å². The van der Waals surface area contributed by atoms with Gasteiger partial charge < -0.3 is 0 Å². The molecule has 2 rings (SSSR count). The first kappa shape index (κ1) is 7.20. The highest BCUT2D eigenvalue weighted by Crippen LogP contribution is 2.26. The topological polar surface area (TPSA) is 0 Å². The first-order valence-electron chi connectivity index (χ1n) is 3.20. The number of hydrogen-bond acceptors (Lipinski definition) is 1. The van der Waals surface area contributed by atoms with Crippen molar-refractivity contribution in [1.82, 2.24) is 0 Å². The van der Waals surface area contributed by atoms with E-state index in [1.165, 1.54) is 0 Å². The van der Waals surface area contributed by atoms with Crippen LogP contribution in [0.5, 0.6) is 0 Å². The molecule has 0 aliphatic rings. The molecule has 0 saturated heterocycles. The molecule has 0 fully saturated rings. The van der Waals surface area contributed by atoms with Gasteiger partial charge in [0.2, 0.25) is 0 Å². The van der Waals surface area contributed by atoms with Crippen molar-refractivity contribution in [2.75, 3.05) is 0 Å². The molecular weight excluding hydrogens is 174 g/mol. The van der Waals surface area contributed by atoms with Crippen LogP contribution in [0.15, 0.2) is 23.6 Å². The minimum atomic E-state index is 0.782. The van der Waals surface area contributed by atoms with Gasteiger partial charge in [-0.1, -0.05) is 23.1 Å². The Labute approximate surface area is 75.2 Å². The highest BCUT2D eigenvalue weighted by Gasteiger charge is 2.00. The van der Waals surface area contributed by atoms with E-state index >= 15 is 0 Å². The van der Waals surface area contributed by atoms with Gasteiger partial charge >= 0.3 is 0 Å². The molecular formula is C8H4BClS. The van der Waals surface area contributed by atoms with Crippen molar-refractivity contribution >= 4 is 46.3 Å². The lowest BCUT2D eigenvalue weighted by molar-refractivity contribution is 1.91. The smallest absolute Gasteiger partial charge is 0.114 e. The minimum Gasteiger partial charge on any atom is -0.142 e. The van der Waals surface area contributed by atoms with Gasteiger partial charge in [-0.25, -0.2) is 0 Å². The van der Waals surface area contributed by atoms with Crippen LogP contribution in [-0.2, 0) is 0 Å². The molecule has 0 unspecified atom stereocenters. The second kappa shape index (κ2) is 2.54. The van der Waals surface area contributed by atoms with Gasteiger partial charge in [-0.3, -0.25) is 0 Å². The fourth-order valence-electron chi connectivity index (χ4n) is 1.05. The van der Waals surface area contributed by atoms with E-state index in [0.717, 1.165) is 20.6 Å². The average Bonchev–Trinajstić information content (AvgIpc) is 2.45. The van der Waals surface area contributed by atoms with Gasteiger partial charge in [0.05, 0.1) is 9.72 Å². The van der Waals surface area contributed by atoms with E-state index in [1.54, 1.807) is 11.3 Å². The van der Waals surface area contributed by atoms with E-state index in [9.17, 15) is 0 Å². The second-order valence-corrected chi connectivity index (χ2v) is 3.62. The molecule has 0 amide bonds. The van der Waals surface area contributed by atoms with Gasteiger partial charge in [0.25, 0.3) is 0 Å². The first-order chi connectivity index (χ1) is 5.29. The number of hydrogen-bond donors (Lipinski definition) is 0. The zero-order chi connectivity index (χ0) is 7.84.